The van der Waals surface area contributed by atoms with Gasteiger partial charge in [0.1, 0.15) is 11.5 Å². The maximum absolute atomic E-state index is 11.6. The van der Waals surface area contributed by atoms with Crippen LogP contribution in [-0.2, 0) is 4.74 Å². The number of ether oxygens (including phenoxy) is 1. The van der Waals surface area contributed by atoms with Gasteiger partial charge in [-0.2, -0.15) is 0 Å². The average Bonchev–Trinajstić information content (AvgIpc) is 2.27. The molecule has 1 unspecified atom stereocenters. The van der Waals surface area contributed by atoms with Gasteiger partial charge in [0.05, 0.1) is 19.0 Å². The zero-order valence-corrected chi connectivity index (χ0v) is 9.43. The largest absolute Gasteiger partial charge is 0.384 e. The van der Waals surface area contributed by atoms with Gasteiger partial charge in [0.15, 0.2) is 0 Å². The van der Waals surface area contributed by atoms with Crippen molar-refractivity contribution in [3.63, 3.8) is 0 Å². The Morgan fingerprint density at radius 3 is 2.88 bits per heavy atom. The molecule has 0 aromatic carbocycles. The molecule has 3 N–H and O–H groups in total. The van der Waals surface area contributed by atoms with E-state index in [1.807, 2.05) is 6.92 Å². The fraction of sp³-hybridized carbons (Fsp3) is 0.500. The Morgan fingerprint density at radius 1 is 1.56 bits per heavy atom. The Morgan fingerprint density at radius 2 is 2.31 bits per heavy atom. The fourth-order valence-corrected chi connectivity index (χ4v) is 1.16. The Kier molecular flexibility index (Phi) is 4.65. The molecule has 88 valence electrons. The van der Waals surface area contributed by atoms with Crippen molar-refractivity contribution in [3.8, 4) is 0 Å². The van der Waals surface area contributed by atoms with Crippen molar-refractivity contribution in [1.29, 1.82) is 0 Å². The number of anilines is 1. The van der Waals surface area contributed by atoms with Gasteiger partial charge in [-0.1, -0.05) is 6.92 Å². The summed E-state index contributed by atoms with van der Waals surface area (Å²) in [4.78, 5) is 19.2. The molecule has 1 heterocycles. The molecule has 6 nitrogen and oxygen atoms in total. The summed E-state index contributed by atoms with van der Waals surface area (Å²) >= 11 is 0. The van der Waals surface area contributed by atoms with Crippen LogP contribution in [0.25, 0.3) is 0 Å². The first kappa shape index (κ1) is 12.4. The molecular weight excluding hydrogens is 208 g/mol. The highest BCUT2D eigenvalue weighted by Gasteiger charge is 2.09. The van der Waals surface area contributed by atoms with Crippen molar-refractivity contribution in [3.05, 3.63) is 18.1 Å². The highest BCUT2D eigenvalue weighted by Crippen LogP contribution is 1.97. The van der Waals surface area contributed by atoms with E-state index in [1.54, 1.807) is 7.11 Å². The molecule has 0 spiro atoms. The molecule has 1 rings (SSSR count). The summed E-state index contributed by atoms with van der Waals surface area (Å²) < 4.78 is 4.96. The standard InChI is InChI=1S/C10H16N4O2/c1-7(6-16-2)3-14-10(15)8-4-13-9(11)5-12-8/h4-5,7H,3,6H2,1-2H3,(H2,11,13)(H,14,15). The van der Waals surface area contributed by atoms with Crippen LogP contribution in [0.15, 0.2) is 12.4 Å². The summed E-state index contributed by atoms with van der Waals surface area (Å²) in [6.07, 6.45) is 2.71. The van der Waals surface area contributed by atoms with Crippen LogP contribution in [0.2, 0.25) is 0 Å². The van der Waals surface area contributed by atoms with E-state index in [4.69, 9.17) is 10.5 Å². The number of hydrogen-bond donors (Lipinski definition) is 2. The van der Waals surface area contributed by atoms with Gasteiger partial charge < -0.3 is 15.8 Å². The van der Waals surface area contributed by atoms with Gasteiger partial charge in [0.2, 0.25) is 0 Å². The van der Waals surface area contributed by atoms with Crippen LogP contribution in [0.1, 0.15) is 17.4 Å². The monoisotopic (exact) mass is 224 g/mol. The third-order valence-corrected chi connectivity index (χ3v) is 1.97. The molecule has 0 fully saturated rings. The highest BCUT2D eigenvalue weighted by atomic mass is 16.5. The van der Waals surface area contributed by atoms with E-state index in [0.717, 1.165) is 0 Å². The van der Waals surface area contributed by atoms with Gasteiger partial charge in [0.25, 0.3) is 5.91 Å². The van der Waals surface area contributed by atoms with E-state index in [0.29, 0.717) is 19.0 Å². The van der Waals surface area contributed by atoms with Crippen molar-refractivity contribution in [2.45, 2.75) is 6.92 Å². The molecule has 0 saturated carbocycles. The Labute approximate surface area is 94.2 Å². The summed E-state index contributed by atoms with van der Waals surface area (Å²) in [5.41, 5.74) is 5.63. The van der Waals surface area contributed by atoms with Crippen molar-refractivity contribution < 1.29 is 9.53 Å². The SMILES string of the molecule is COCC(C)CNC(=O)c1cnc(N)cn1. The number of carbonyl (C=O) groups is 1. The highest BCUT2D eigenvalue weighted by molar-refractivity contribution is 5.91. The topological polar surface area (TPSA) is 90.1 Å². The van der Waals surface area contributed by atoms with E-state index in [1.165, 1.54) is 12.4 Å². The summed E-state index contributed by atoms with van der Waals surface area (Å²) in [6.45, 7) is 3.13. The number of nitrogen functional groups attached to an aromatic ring is 1. The average molecular weight is 224 g/mol. The van der Waals surface area contributed by atoms with Gasteiger partial charge in [-0.15, -0.1) is 0 Å². The summed E-state index contributed by atoms with van der Waals surface area (Å²) in [6, 6.07) is 0. The van der Waals surface area contributed by atoms with E-state index in [-0.39, 0.29) is 17.5 Å². The molecule has 16 heavy (non-hydrogen) atoms. The van der Waals surface area contributed by atoms with Gasteiger partial charge >= 0.3 is 0 Å². The molecule has 0 aliphatic rings. The number of hydrogen-bond acceptors (Lipinski definition) is 5. The predicted octanol–water partition coefficient (Wildman–Crippen LogP) is 0.0711. The van der Waals surface area contributed by atoms with Crippen molar-refractivity contribution >= 4 is 11.7 Å². The second-order valence-electron chi connectivity index (χ2n) is 3.60. The molecule has 1 atom stereocenters. The first-order valence-corrected chi connectivity index (χ1v) is 4.98. The molecule has 6 heteroatoms. The zero-order valence-electron chi connectivity index (χ0n) is 9.43. The number of amides is 1. The lowest BCUT2D eigenvalue weighted by Crippen LogP contribution is -2.30. The minimum Gasteiger partial charge on any atom is -0.384 e. The van der Waals surface area contributed by atoms with Crippen LogP contribution in [0, 0.1) is 5.92 Å². The molecule has 1 aromatic heterocycles. The first-order chi connectivity index (χ1) is 7.63. The minimum absolute atomic E-state index is 0.254. The molecule has 1 amide bonds. The summed E-state index contributed by atoms with van der Waals surface area (Å²) in [5, 5.41) is 2.74. The van der Waals surface area contributed by atoms with Crippen molar-refractivity contribution in [1.82, 2.24) is 15.3 Å². The van der Waals surface area contributed by atoms with Crippen LogP contribution in [0.5, 0.6) is 0 Å². The second kappa shape index (κ2) is 6.02. The molecule has 0 saturated heterocycles. The third-order valence-electron chi connectivity index (χ3n) is 1.97. The summed E-state index contributed by atoms with van der Waals surface area (Å²) in [5.74, 6) is 0.301. The van der Waals surface area contributed by atoms with E-state index >= 15 is 0 Å². The molecule has 1 aromatic rings. The van der Waals surface area contributed by atoms with Crippen LogP contribution in [-0.4, -0.2) is 36.1 Å². The maximum Gasteiger partial charge on any atom is 0.271 e. The fourth-order valence-electron chi connectivity index (χ4n) is 1.16. The number of nitrogens with zero attached hydrogens (tertiary/aromatic N) is 2. The van der Waals surface area contributed by atoms with Gasteiger partial charge in [-0.25, -0.2) is 9.97 Å². The maximum atomic E-state index is 11.6. The van der Waals surface area contributed by atoms with Crippen LogP contribution in [0.3, 0.4) is 0 Å². The number of carbonyl (C=O) groups excluding carboxylic acids is 1. The molecule has 0 aliphatic heterocycles. The quantitative estimate of drug-likeness (QED) is 0.738. The Hall–Kier alpha value is -1.69. The van der Waals surface area contributed by atoms with Gasteiger partial charge in [-0.3, -0.25) is 4.79 Å². The number of nitrogens with two attached hydrogens (primary N) is 1. The van der Waals surface area contributed by atoms with Crippen LogP contribution >= 0.6 is 0 Å². The first-order valence-electron chi connectivity index (χ1n) is 4.98. The molecule has 0 aliphatic carbocycles. The smallest absolute Gasteiger partial charge is 0.271 e. The van der Waals surface area contributed by atoms with E-state index in [2.05, 4.69) is 15.3 Å². The Balaban J connectivity index is 2.43. The molecule has 0 bridgehead atoms. The number of nitrogens with one attached hydrogen (secondary N) is 1. The summed E-state index contributed by atoms with van der Waals surface area (Å²) in [7, 11) is 1.63. The lowest BCUT2D eigenvalue weighted by atomic mass is 10.2. The van der Waals surface area contributed by atoms with Crippen LogP contribution in [0.4, 0.5) is 5.82 Å². The zero-order chi connectivity index (χ0) is 12.0. The van der Waals surface area contributed by atoms with E-state index < -0.39 is 0 Å². The number of aromatic nitrogens is 2. The molecular formula is C10H16N4O2. The number of rotatable bonds is 5. The number of methoxy groups -OCH3 is 1. The third kappa shape index (κ3) is 3.82. The Bertz CT molecular complexity index is 339. The van der Waals surface area contributed by atoms with E-state index in [9.17, 15) is 4.79 Å². The lowest BCUT2D eigenvalue weighted by molar-refractivity contribution is 0.0929. The molecule has 0 radical (unpaired) electrons. The second-order valence-corrected chi connectivity index (χ2v) is 3.60. The predicted molar refractivity (Wildman–Crippen MR) is 59.8 cm³/mol. The van der Waals surface area contributed by atoms with Crippen LogP contribution < -0.4 is 11.1 Å². The van der Waals surface area contributed by atoms with Gasteiger partial charge in [0, 0.05) is 13.7 Å². The lowest BCUT2D eigenvalue weighted by Gasteiger charge is -2.10. The van der Waals surface area contributed by atoms with Crippen molar-refractivity contribution in [2.24, 2.45) is 5.92 Å². The van der Waals surface area contributed by atoms with Crippen molar-refractivity contribution in [2.75, 3.05) is 26.0 Å². The minimum atomic E-state index is -0.254. The normalized spacial score (nSPS) is 12.1. The van der Waals surface area contributed by atoms with Gasteiger partial charge in [-0.05, 0) is 5.92 Å².